The molecule has 7 nitrogen and oxygen atoms in total. The lowest BCUT2D eigenvalue weighted by Crippen LogP contribution is -2.61. The first-order valence-corrected chi connectivity index (χ1v) is 10.4. The van der Waals surface area contributed by atoms with Crippen molar-refractivity contribution < 1.29 is 24.6 Å². The summed E-state index contributed by atoms with van der Waals surface area (Å²) in [5.74, 6) is -1.86. The molecule has 0 saturated carbocycles. The number of nitrogens with zero attached hydrogens (tertiary/aromatic N) is 1. The fraction of sp³-hybridized carbons (Fsp3) is 0.389. The Hall–Kier alpha value is -1.97. The van der Waals surface area contributed by atoms with Crippen LogP contribution in [0.25, 0.3) is 0 Å². The Bertz CT molecular complexity index is 783. The summed E-state index contributed by atoms with van der Waals surface area (Å²) in [6.07, 6.45) is -0.121. The second kappa shape index (κ2) is 8.37. The Morgan fingerprint density at radius 2 is 2.04 bits per heavy atom. The molecule has 0 aliphatic carbocycles. The highest BCUT2D eigenvalue weighted by Gasteiger charge is 2.58. The van der Waals surface area contributed by atoms with Crippen molar-refractivity contribution in [1.82, 2.24) is 4.90 Å². The Labute approximate surface area is 165 Å². The maximum Gasteiger partial charge on any atom is 0.354 e. The summed E-state index contributed by atoms with van der Waals surface area (Å²) < 4.78 is 0.513. The van der Waals surface area contributed by atoms with Gasteiger partial charge in [0.2, 0.25) is 11.8 Å². The minimum absolute atomic E-state index is 0.0389. The summed E-state index contributed by atoms with van der Waals surface area (Å²) in [5.41, 5.74) is 0.669. The molecule has 3 N–H and O–H groups in total. The molecule has 27 heavy (non-hydrogen) atoms. The topological polar surface area (TPSA) is 107 Å². The van der Waals surface area contributed by atoms with Crippen LogP contribution >= 0.6 is 23.5 Å². The number of thioether (sulfide) groups is 2. The molecule has 3 unspecified atom stereocenters. The molecule has 0 radical (unpaired) electrons. The molecule has 2 aliphatic heterocycles. The monoisotopic (exact) mass is 408 g/mol. The molecule has 0 aromatic heterocycles. The largest absolute Gasteiger partial charge is 0.477 e. The number of rotatable bonds is 8. The minimum atomic E-state index is -1.17. The highest BCUT2D eigenvalue weighted by Crippen LogP contribution is 2.54. The van der Waals surface area contributed by atoms with Gasteiger partial charge >= 0.3 is 5.97 Å². The molecule has 0 bridgehead atoms. The molecule has 1 saturated heterocycles. The Kier molecular flexibility index (Phi) is 6.13. The number of amides is 2. The van der Waals surface area contributed by atoms with Gasteiger partial charge in [-0.25, -0.2) is 4.79 Å². The van der Waals surface area contributed by atoms with Gasteiger partial charge in [0.25, 0.3) is 0 Å². The third kappa shape index (κ3) is 3.99. The molecule has 2 aliphatic rings. The van der Waals surface area contributed by atoms with E-state index in [1.165, 1.54) is 28.4 Å². The highest BCUT2D eigenvalue weighted by molar-refractivity contribution is 8.22. The number of carbonyl (C=O) groups is 3. The Morgan fingerprint density at radius 1 is 1.33 bits per heavy atom. The number of aliphatic carboxylic acids is 1. The quantitative estimate of drug-likeness (QED) is 0.567. The van der Waals surface area contributed by atoms with Crippen molar-refractivity contribution in [2.24, 2.45) is 5.92 Å². The van der Waals surface area contributed by atoms with Gasteiger partial charge in [0, 0.05) is 17.9 Å². The molecule has 0 spiro atoms. The molecule has 2 heterocycles. The zero-order chi connectivity index (χ0) is 19.6. The standard InChI is InChI=1S/C18H20N2O5S2/c1-2-11(21)13-15(23)20-14(17(24)25)18(27-16(13)20)26-9-8-12(22)19-10-6-4-3-5-7-10/h3-7,11,13,16,21H,2,8-9H2,1H3,(H,19,22)(H,24,25). The van der Waals surface area contributed by atoms with Crippen molar-refractivity contribution in [3.63, 3.8) is 0 Å². The normalized spacial score (nSPS) is 22.3. The van der Waals surface area contributed by atoms with E-state index < -0.39 is 18.0 Å². The minimum Gasteiger partial charge on any atom is -0.477 e. The zero-order valence-electron chi connectivity index (χ0n) is 14.6. The van der Waals surface area contributed by atoms with Crippen molar-refractivity contribution >= 4 is 47.0 Å². The van der Waals surface area contributed by atoms with Gasteiger partial charge in [0.05, 0.1) is 16.3 Å². The molecular formula is C18H20N2O5S2. The van der Waals surface area contributed by atoms with Crippen LogP contribution in [0.4, 0.5) is 5.69 Å². The van der Waals surface area contributed by atoms with E-state index in [-0.39, 0.29) is 29.3 Å². The second-order valence-electron chi connectivity index (χ2n) is 6.17. The van der Waals surface area contributed by atoms with Crippen LogP contribution in [0, 0.1) is 5.92 Å². The van der Waals surface area contributed by atoms with Crippen LogP contribution in [-0.2, 0) is 14.4 Å². The van der Waals surface area contributed by atoms with Crippen LogP contribution in [-0.4, -0.2) is 50.1 Å². The van der Waals surface area contributed by atoms with E-state index in [0.717, 1.165) is 0 Å². The van der Waals surface area contributed by atoms with Gasteiger partial charge in [-0.15, -0.1) is 11.8 Å². The first kappa shape index (κ1) is 19.8. The fourth-order valence-corrected chi connectivity index (χ4v) is 5.89. The number of carboxylic acids is 1. The summed E-state index contributed by atoms with van der Waals surface area (Å²) in [5, 5.41) is 21.9. The average Bonchev–Trinajstić information content (AvgIpc) is 2.97. The van der Waals surface area contributed by atoms with Crippen molar-refractivity contribution in [2.45, 2.75) is 31.2 Å². The number of para-hydroxylation sites is 1. The highest BCUT2D eigenvalue weighted by atomic mass is 32.2. The number of aliphatic hydroxyl groups is 1. The summed E-state index contributed by atoms with van der Waals surface area (Å²) in [7, 11) is 0. The van der Waals surface area contributed by atoms with Crippen LogP contribution in [0.5, 0.6) is 0 Å². The predicted molar refractivity (Wildman–Crippen MR) is 105 cm³/mol. The number of hydrogen-bond donors (Lipinski definition) is 3. The first-order valence-electron chi connectivity index (χ1n) is 8.57. The predicted octanol–water partition coefficient (Wildman–Crippen LogP) is 2.30. The van der Waals surface area contributed by atoms with Gasteiger partial charge in [-0.2, -0.15) is 0 Å². The summed E-state index contributed by atoms with van der Waals surface area (Å²) in [4.78, 5) is 37.1. The second-order valence-corrected chi connectivity index (χ2v) is 8.66. The summed E-state index contributed by atoms with van der Waals surface area (Å²) in [6.45, 7) is 1.78. The number of benzene rings is 1. The molecule has 1 aromatic carbocycles. The lowest BCUT2D eigenvalue weighted by atomic mass is 9.90. The van der Waals surface area contributed by atoms with Gasteiger partial charge in [-0.3, -0.25) is 14.5 Å². The summed E-state index contributed by atoms with van der Waals surface area (Å²) in [6, 6.07) is 9.09. The maximum absolute atomic E-state index is 12.3. The van der Waals surface area contributed by atoms with Crippen molar-refractivity contribution in [2.75, 3.05) is 11.1 Å². The number of aliphatic hydroxyl groups excluding tert-OH is 1. The number of fused-ring (bicyclic) bond motifs is 1. The lowest BCUT2D eigenvalue weighted by molar-refractivity contribution is -0.157. The molecule has 2 amide bonds. The lowest BCUT2D eigenvalue weighted by Gasteiger charge is -2.44. The van der Waals surface area contributed by atoms with E-state index in [2.05, 4.69) is 5.32 Å². The van der Waals surface area contributed by atoms with E-state index >= 15 is 0 Å². The number of anilines is 1. The van der Waals surface area contributed by atoms with Gasteiger partial charge in [0.15, 0.2) is 5.70 Å². The van der Waals surface area contributed by atoms with Crippen molar-refractivity contribution in [1.29, 1.82) is 0 Å². The van der Waals surface area contributed by atoms with E-state index in [4.69, 9.17) is 0 Å². The number of carbonyl (C=O) groups excluding carboxylic acids is 2. The average molecular weight is 409 g/mol. The molecule has 9 heteroatoms. The van der Waals surface area contributed by atoms with Gasteiger partial charge in [-0.1, -0.05) is 36.9 Å². The number of β-lactam (4-membered cyclic amide) rings is 1. The fourth-order valence-electron chi connectivity index (χ4n) is 3.00. The SMILES string of the molecule is CCC(O)C1C(=O)N2C(C(=O)O)=C(SCCC(=O)Nc3ccccc3)SC12. The molecule has 1 fully saturated rings. The maximum atomic E-state index is 12.3. The van der Waals surface area contributed by atoms with Crippen LogP contribution < -0.4 is 5.32 Å². The zero-order valence-corrected chi connectivity index (χ0v) is 16.3. The first-order chi connectivity index (χ1) is 12.9. The van der Waals surface area contributed by atoms with Gasteiger partial charge < -0.3 is 15.5 Å². The third-order valence-electron chi connectivity index (χ3n) is 4.40. The van der Waals surface area contributed by atoms with E-state index in [1.807, 2.05) is 18.2 Å². The van der Waals surface area contributed by atoms with E-state index in [0.29, 0.717) is 22.1 Å². The van der Waals surface area contributed by atoms with Crippen LogP contribution in [0.1, 0.15) is 19.8 Å². The van der Waals surface area contributed by atoms with Crippen molar-refractivity contribution in [3.05, 3.63) is 40.3 Å². The third-order valence-corrected chi connectivity index (χ3v) is 7.06. The van der Waals surface area contributed by atoms with Gasteiger partial charge in [-0.05, 0) is 18.6 Å². The number of hydrogen-bond acceptors (Lipinski definition) is 6. The molecule has 3 atom stereocenters. The Morgan fingerprint density at radius 3 is 2.67 bits per heavy atom. The molecule has 1 aromatic rings. The van der Waals surface area contributed by atoms with Crippen molar-refractivity contribution in [3.8, 4) is 0 Å². The number of carboxylic acid groups (broad SMARTS) is 1. The Balaban J connectivity index is 1.58. The summed E-state index contributed by atoms with van der Waals surface area (Å²) >= 11 is 2.54. The number of nitrogens with one attached hydrogen (secondary N) is 1. The van der Waals surface area contributed by atoms with E-state index in [9.17, 15) is 24.6 Å². The van der Waals surface area contributed by atoms with Crippen LogP contribution in [0.2, 0.25) is 0 Å². The van der Waals surface area contributed by atoms with E-state index in [1.54, 1.807) is 19.1 Å². The molecule has 3 rings (SSSR count). The van der Waals surface area contributed by atoms with Crippen LogP contribution in [0.15, 0.2) is 40.3 Å². The van der Waals surface area contributed by atoms with Gasteiger partial charge in [0.1, 0.15) is 5.37 Å². The smallest absolute Gasteiger partial charge is 0.354 e. The molecular weight excluding hydrogens is 388 g/mol. The van der Waals surface area contributed by atoms with Crippen LogP contribution in [0.3, 0.4) is 0 Å². The molecule has 144 valence electrons.